The third-order valence-electron chi connectivity index (χ3n) is 2.71. The van der Waals surface area contributed by atoms with E-state index in [4.69, 9.17) is 12.2 Å². The van der Waals surface area contributed by atoms with Gasteiger partial charge in [-0.25, -0.2) is 0 Å². The predicted octanol–water partition coefficient (Wildman–Crippen LogP) is 5.36. The zero-order valence-electron chi connectivity index (χ0n) is 10.4. The number of hydrogen-bond donors (Lipinski definition) is 1. The standard InChI is InChI=1S/C13H14Br2N2S/c1-13(2,3)10-7-16-12(18)17(10)11-8(14)5-4-6-9(11)15/h4-7H,1-3H3,(H,16,18). The Morgan fingerprint density at radius 2 is 1.72 bits per heavy atom. The number of halogens is 2. The minimum Gasteiger partial charge on any atom is -0.337 e. The fraction of sp³-hybridized carbons (Fsp3) is 0.308. The number of aromatic amines is 1. The topological polar surface area (TPSA) is 20.7 Å². The summed E-state index contributed by atoms with van der Waals surface area (Å²) in [4.78, 5) is 3.13. The molecule has 0 saturated heterocycles. The molecular weight excluding hydrogens is 376 g/mol. The maximum atomic E-state index is 5.41. The number of rotatable bonds is 1. The number of H-pyrrole nitrogens is 1. The Kier molecular flexibility index (Phi) is 3.85. The Morgan fingerprint density at radius 1 is 1.17 bits per heavy atom. The summed E-state index contributed by atoms with van der Waals surface area (Å²) in [6, 6.07) is 6.02. The summed E-state index contributed by atoms with van der Waals surface area (Å²) in [6.45, 7) is 6.52. The fourth-order valence-electron chi connectivity index (χ4n) is 1.85. The molecule has 0 spiro atoms. The van der Waals surface area contributed by atoms with Gasteiger partial charge < -0.3 is 4.98 Å². The number of benzene rings is 1. The third-order valence-corrected chi connectivity index (χ3v) is 4.29. The first-order valence-electron chi connectivity index (χ1n) is 5.57. The van der Waals surface area contributed by atoms with E-state index in [1.807, 2.05) is 24.4 Å². The molecule has 1 N–H and O–H groups in total. The summed E-state index contributed by atoms with van der Waals surface area (Å²) >= 11 is 12.6. The maximum Gasteiger partial charge on any atom is 0.182 e. The fourth-order valence-corrected chi connectivity index (χ4v) is 3.45. The number of nitrogens with zero attached hydrogens (tertiary/aromatic N) is 1. The summed E-state index contributed by atoms with van der Waals surface area (Å²) in [7, 11) is 0. The van der Waals surface area contributed by atoms with Gasteiger partial charge in [-0.2, -0.15) is 0 Å². The van der Waals surface area contributed by atoms with Crippen LogP contribution in [0.1, 0.15) is 26.5 Å². The highest BCUT2D eigenvalue weighted by Gasteiger charge is 2.22. The Balaban J connectivity index is 2.80. The van der Waals surface area contributed by atoms with Gasteiger partial charge in [0.2, 0.25) is 0 Å². The lowest BCUT2D eigenvalue weighted by atomic mass is 9.92. The maximum absolute atomic E-state index is 5.41. The van der Waals surface area contributed by atoms with Crippen LogP contribution in [-0.4, -0.2) is 9.55 Å². The highest BCUT2D eigenvalue weighted by atomic mass is 79.9. The average molecular weight is 390 g/mol. The number of para-hydroxylation sites is 1. The summed E-state index contributed by atoms with van der Waals surface area (Å²) in [6.07, 6.45) is 1.98. The summed E-state index contributed by atoms with van der Waals surface area (Å²) < 4.78 is 4.80. The Morgan fingerprint density at radius 3 is 2.22 bits per heavy atom. The molecule has 1 aromatic heterocycles. The van der Waals surface area contributed by atoms with Gasteiger partial charge in [0.15, 0.2) is 4.77 Å². The molecule has 0 bridgehead atoms. The van der Waals surface area contributed by atoms with Crippen molar-refractivity contribution in [3.63, 3.8) is 0 Å². The zero-order valence-corrected chi connectivity index (χ0v) is 14.4. The van der Waals surface area contributed by atoms with Gasteiger partial charge in [-0.15, -0.1) is 0 Å². The Labute approximate surface area is 129 Å². The van der Waals surface area contributed by atoms with Crippen molar-refractivity contribution >= 4 is 44.1 Å². The highest BCUT2D eigenvalue weighted by molar-refractivity contribution is 9.11. The van der Waals surface area contributed by atoms with E-state index in [0.29, 0.717) is 4.77 Å². The molecule has 0 saturated carbocycles. The van der Waals surface area contributed by atoms with Gasteiger partial charge in [0.25, 0.3) is 0 Å². The molecule has 0 aliphatic carbocycles. The number of nitrogens with one attached hydrogen (secondary N) is 1. The van der Waals surface area contributed by atoms with Crippen LogP contribution in [0.5, 0.6) is 0 Å². The van der Waals surface area contributed by atoms with Crippen molar-refractivity contribution in [3.05, 3.63) is 43.8 Å². The minimum absolute atomic E-state index is 0.0162. The van der Waals surface area contributed by atoms with Gasteiger partial charge in [0.05, 0.1) is 5.69 Å². The van der Waals surface area contributed by atoms with Crippen LogP contribution in [0, 0.1) is 4.77 Å². The lowest BCUT2D eigenvalue weighted by molar-refractivity contribution is 0.555. The van der Waals surface area contributed by atoms with Gasteiger partial charge in [0.1, 0.15) is 0 Å². The van der Waals surface area contributed by atoms with Crippen LogP contribution in [0.25, 0.3) is 5.69 Å². The van der Waals surface area contributed by atoms with Crippen LogP contribution in [0.4, 0.5) is 0 Å². The van der Waals surface area contributed by atoms with Crippen molar-refractivity contribution in [1.82, 2.24) is 9.55 Å². The molecule has 0 radical (unpaired) electrons. The molecule has 0 atom stereocenters. The summed E-state index contributed by atoms with van der Waals surface area (Å²) in [5.74, 6) is 0. The predicted molar refractivity (Wildman–Crippen MR) is 85.1 cm³/mol. The van der Waals surface area contributed by atoms with Crippen molar-refractivity contribution in [1.29, 1.82) is 0 Å². The Bertz CT molecular complexity index is 615. The molecule has 0 amide bonds. The van der Waals surface area contributed by atoms with Crippen molar-refractivity contribution in [2.24, 2.45) is 0 Å². The van der Waals surface area contributed by atoms with E-state index in [1.54, 1.807) is 0 Å². The first-order chi connectivity index (χ1) is 8.32. The first kappa shape index (κ1) is 14.0. The van der Waals surface area contributed by atoms with Crippen molar-refractivity contribution in [2.45, 2.75) is 26.2 Å². The van der Waals surface area contributed by atoms with E-state index in [-0.39, 0.29) is 5.41 Å². The quantitative estimate of drug-likeness (QED) is 0.651. The lowest BCUT2D eigenvalue weighted by Gasteiger charge is -2.22. The molecule has 0 fully saturated rings. The Hall–Kier alpha value is -0.390. The summed E-state index contributed by atoms with van der Waals surface area (Å²) in [5, 5.41) is 0. The molecule has 1 heterocycles. The number of hydrogen-bond acceptors (Lipinski definition) is 1. The third kappa shape index (κ3) is 2.49. The van der Waals surface area contributed by atoms with Crippen LogP contribution in [-0.2, 0) is 5.41 Å². The van der Waals surface area contributed by atoms with E-state index >= 15 is 0 Å². The van der Waals surface area contributed by atoms with Crippen molar-refractivity contribution in [2.75, 3.05) is 0 Å². The molecule has 1 aromatic carbocycles. The number of aromatic nitrogens is 2. The monoisotopic (exact) mass is 388 g/mol. The van der Waals surface area contributed by atoms with E-state index in [9.17, 15) is 0 Å². The van der Waals surface area contributed by atoms with Gasteiger partial charge in [-0.3, -0.25) is 4.57 Å². The molecule has 5 heteroatoms. The van der Waals surface area contributed by atoms with E-state index in [0.717, 1.165) is 20.3 Å². The molecule has 0 aliphatic rings. The van der Waals surface area contributed by atoms with Gasteiger partial charge >= 0.3 is 0 Å². The second kappa shape index (κ2) is 4.94. The highest BCUT2D eigenvalue weighted by Crippen LogP contribution is 2.33. The normalized spacial score (nSPS) is 11.8. The SMILES string of the molecule is CC(C)(C)c1c[nH]c(=S)n1-c1c(Br)cccc1Br. The molecule has 2 aromatic rings. The van der Waals surface area contributed by atoms with Gasteiger partial charge in [0, 0.05) is 26.3 Å². The molecular formula is C13H14Br2N2S. The first-order valence-corrected chi connectivity index (χ1v) is 7.57. The molecule has 2 nitrogen and oxygen atoms in total. The minimum atomic E-state index is 0.0162. The second-order valence-corrected chi connectivity index (χ2v) is 7.23. The second-order valence-electron chi connectivity index (χ2n) is 5.13. The molecule has 0 aliphatic heterocycles. The average Bonchev–Trinajstić information content (AvgIpc) is 2.60. The van der Waals surface area contributed by atoms with Gasteiger partial charge in [-0.1, -0.05) is 26.8 Å². The molecule has 96 valence electrons. The van der Waals surface area contributed by atoms with Crippen LogP contribution < -0.4 is 0 Å². The molecule has 0 unspecified atom stereocenters. The molecule has 18 heavy (non-hydrogen) atoms. The smallest absolute Gasteiger partial charge is 0.182 e. The zero-order chi connectivity index (χ0) is 13.5. The van der Waals surface area contributed by atoms with E-state index in [2.05, 4.69) is 62.2 Å². The molecule has 2 rings (SSSR count). The van der Waals surface area contributed by atoms with Crippen molar-refractivity contribution in [3.8, 4) is 5.69 Å². The van der Waals surface area contributed by atoms with Crippen molar-refractivity contribution < 1.29 is 0 Å². The van der Waals surface area contributed by atoms with E-state index in [1.165, 1.54) is 0 Å². The summed E-state index contributed by atoms with van der Waals surface area (Å²) in [5.41, 5.74) is 2.20. The number of imidazole rings is 1. The van der Waals surface area contributed by atoms with Crippen LogP contribution in [0.3, 0.4) is 0 Å². The van der Waals surface area contributed by atoms with Crippen LogP contribution >= 0.6 is 44.1 Å². The van der Waals surface area contributed by atoms with Gasteiger partial charge in [-0.05, 0) is 56.2 Å². The lowest BCUT2D eigenvalue weighted by Crippen LogP contribution is -2.17. The van der Waals surface area contributed by atoms with Crippen LogP contribution in [0.15, 0.2) is 33.3 Å². The van der Waals surface area contributed by atoms with Crippen LogP contribution in [0.2, 0.25) is 0 Å². The van der Waals surface area contributed by atoms with E-state index < -0.39 is 0 Å². The largest absolute Gasteiger partial charge is 0.337 e.